The third-order valence-electron chi connectivity index (χ3n) is 7.21. The highest BCUT2D eigenvalue weighted by molar-refractivity contribution is 5.91. The SMILES string of the molecule is CCc1cc(OCCN(C)C)c(F)c(C(Cc2ccc(-c3noc(C)n3)cc2)c2nn(-c3ccccc3C(=O)O)c(=O)[nH]2)c1. The lowest BCUT2D eigenvalue weighted by Gasteiger charge is -2.20. The van der Waals surface area contributed by atoms with Crippen LogP contribution in [0.1, 0.15) is 51.6 Å². The molecule has 0 aliphatic rings. The van der Waals surface area contributed by atoms with E-state index in [1.165, 1.54) is 12.1 Å². The molecule has 2 heterocycles. The maximum atomic E-state index is 16.3. The van der Waals surface area contributed by atoms with E-state index in [4.69, 9.17) is 9.26 Å². The van der Waals surface area contributed by atoms with Crippen LogP contribution in [0.2, 0.25) is 0 Å². The van der Waals surface area contributed by atoms with E-state index in [0.717, 1.165) is 21.4 Å². The Morgan fingerprint density at radius 2 is 1.89 bits per heavy atom. The van der Waals surface area contributed by atoms with Gasteiger partial charge in [0, 0.05) is 24.6 Å². The number of likely N-dealkylation sites (N-methyl/N-ethyl adjacent to an activating group) is 1. The number of halogens is 1. The van der Waals surface area contributed by atoms with Crippen molar-refractivity contribution >= 4 is 5.97 Å². The molecular formula is C32H33FN6O5. The summed E-state index contributed by atoms with van der Waals surface area (Å²) >= 11 is 0. The molecule has 0 aliphatic carbocycles. The van der Waals surface area contributed by atoms with Crippen LogP contribution in [-0.2, 0) is 12.8 Å². The fourth-order valence-corrected chi connectivity index (χ4v) is 4.88. The topological polar surface area (TPSA) is 139 Å². The summed E-state index contributed by atoms with van der Waals surface area (Å²) in [6.07, 6.45) is 0.889. The Labute approximate surface area is 252 Å². The molecular weight excluding hydrogens is 567 g/mol. The van der Waals surface area contributed by atoms with E-state index in [2.05, 4.69) is 20.2 Å². The predicted molar refractivity (Wildman–Crippen MR) is 161 cm³/mol. The van der Waals surface area contributed by atoms with E-state index in [0.29, 0.717) is 30.2 Å². The van der Waals surface area contributed by atoms with Crippen molar-refractivity contribution in [1.82, 2.24) is 29.8 Å². The Bertz CT molecular complexity index is 1830. The number of nitrogens with one attached hydrogen (secondary N) is 1. The van der Waals surface area contributed by atoms with Crippen molar-refractivity contribution in [2.24, 2.45) is 0 Å². The Morgan fingerprint density at radius 3 is 2.55 bits per heavy atom. The van der Waals surface area contributed by atoms with Crippen LogP contribution in [0.15, 0.2) is 70.0 Å². The lowest BCUT2D eigenvalue weighted by molar-refractivity contribution is 0.0696. The molecule has 5 aromatic rings. The van der Waals surface area contributed by atoms with Crippen LogP contribution in [0.5, 0.6) is 5.75 Å². The van der Waals surface area contributed by atoms with Gasteiger partial charge in [0.05, 0.1) is 17.2 Å². The Balaban J connectivity index is 1.60. The van der Waals surface area contributed by atoms with Crippen molar-refractivity contribution in [2.45, 2.75) is 32.6 Å². The highest BCUT2D eigenvalue weighted by atomic mass is 19.1. The number of aromatic amines is 1. The Hall–Kier alpha value is -5.10. The van der Waals surface area contributed by atoms with Crippen molar-refractivity contribution < 1.29 is 23.6 Å². The van der Waals surface area contributed by atoms with Gasteiger partial charge in [0.1, 0.15) is 12.4 Å². The van der Waals surface area contributed by atoms with Gasteiger partial charge in [-0.15, -0.1) is 5.10 Å². The molecule has 0 bridgehead atoms. The molecule has 0 saturated heterocycles. The lowest BCUT2D eigenvalue weighted by atomic mass is 9.89. The highest BCUT2D eigenvalue weighted by Gasteiger charge is 2.27. The van der Waals surface area contributed by atoms with Gasteiger partial charge < -0.3 is 19.3 Å². The van der Waals surface area contributed by atoms with Gasteiger partial charge in [-0.3, -0.25) is 4.98 Å². The monoisotopic (exact) mass is 600 g/mol. The minimum Gasteiger partial charge on any atom is -0.489 e. The largest absolute Gasteiger partial charge is 0.489 e. The van der Waals surface area contributed by atoms with Crippen LogP contribution in [0.4, 0.5) is 4.39 Å². The van der Waals surface area contributed by atoms with Gasteiger partial charge in [-0.1, -0.05) is 54.5 Å². The van der Waals surface area contributed by atoms with Crippen molar-refractivity contribution in [3.05, 3.63) is 111 Å². The third-order valence-corrected chi connectivity index (χ3v) is 7.21. The first-order valence-electron chi connectivity index (χ1n) is 14.2. The molecule has 5 rings (SSSR count). The first-order valence-corrected chi connectivity index (χ1v) is 14.2. The van der Waals surface area contributed by atoms with Crippen LogP contribution in [-0.4, -0.2) is 68.1 Å². The summed E-state index contributed by atoms with van der Waals surface area (Å²) in [5.41, 5.74) is 2.10. The number of carboxylic acids is 1. The standard InChI is InChI=1S/C32H33FN6O5/c1-5-20-16-24(28(33)27(18-20)43-15-14-38(3)4)25(17-21-10-12-22(13-11-21)29-34-19(2)44-37-29)30-35-32(42)39(36-30)26-9-7-6-8-23(26)31(40)41/h6-13,16,18,25H,5,14-15,17H2,1-4H3,(H,40,41)(H,35,36,42). The number of hydrogen-bond donors (Lipinski definition) is 2. The van der Waals surface area contributed by atoms with Gasteiger partial charge in [0.25, 0.3) is 0 Å². The number of rotatable bonds is 12. The summed E-state index contributed by atoms with van der Waals surface area (Å²) < 4.78 is 28.2. The summed E-state index contributed by atoms with van der Waals surface area (Å²) in [5.74, 6) is -1.30. The molecule has 0 aliphatic heterocycles. The zero-order valence-corrected chi connectivity index (χ0v) is 24.9. The molecule has 1 atom stereocenters. The van der Waals surface area contributed by atoms with Crippen molar-refractivity contribution in [2.75, 3.05) is 27.2 Å². The van der Waals surface area contributed by atoms with Crippen LogP contribution in [0.3, 0.4) is 0 Å². The number of benzene rings is 3. The summed E-state index contributed by atoms with van der Waals surface area (Å²) in [4.78, 5) is 34.1. The molecule has 228 valence electrons. The molecule has 3 aromatic carbocycles. The third kappa shape index (κ3) is 6.60. The number of para-hydroxylation sites is 1. The minimum absolute atomic E-state index is 0.0905. The predicted octanol–water partition coefficient (Wildman–Crippen LogP) is 4.63. The number of aromatic carboxylic acids is 1. The first kappa shape index (κ1) is 30.4. The average Bonchev–Trinajstić information content (AvgIpc) is 3.62. The molecule has 0 saturated carbocycles. The van der Waals surface area contributed by atoms with E-state index >= 15 is 4.39 Å². The average molecular weight is 601 g/mol. The quantitative estimate of drug-likeness (QED) is 0.210. The second kappa shape index (κ2) is 13.0. The maximum absolute atomic E-state index is 16.3. The number of aryl methyl sites for hydroxylation is 2. The molecule has 0 amide bonds. The molecule has 0 spiro atoms. The van der Waals surface area contributed by atoms with Crippen molar-refractivity contribution in [1.29, 1.82) is 0 Å². The molecule has 11 nitrogen and oxygen atoms in total. The molecule has 44 heavy (non-hydrogen) atoms. The molecule has 12 heteroatoms. The molecule has 2 aromatic heterocycles. The van der Waals surface area contributed by atoms with Gasteiger partial charge in [0.2, 0.25) is 11.7 Å². The summed E-state index contributed by atoms with van der Waals surface area (Å²) in [7, 11) is 3.81. The van der Waals surface area contributed by atoms with E-state index < -0.39 is 23.4 Å². The molecule has 0 radical (unpaired) electrons. The second-order valence-corrected chi connectivity index (χ2v) is 10.6. The number of carboxylic acid groups (broad SMARTS) is 1. The van der Waals surface area contributed by atoms with Gasteiger partial charge in [-0.2, -0.15) is 9.67 Å². The van der Waals surface area contributed by atoms with Gasteiger partial charge in [0.15, 0.2) is 11.6 Å². The fourth-order valence-electron chi connectivity index (χ4n) is 4.88. The highest BCUT2D eigenvalue weighted by Crippen LogP contribution is 2.34. The van der Waals surface area contributed by atoms with Crippen LogP contribution >= 0.6 is 0 Å². The number of aromatic nitrogens is 5. The molecule has 0 fully saturated rings. The summed E-state index contributed by atoms with van der Waals surface area (Å²) in [6.45, 7) is 4.56. The van der Waals surface area contributed by atoms with Crippen LogP contribution in [0.25, 0.3) is 17.1 Å². The van der Waals surface area contributed by atoms with E-state index in [-0.39, 0.29) is 35.9 Å². The molecule has 2 N–H and O–H groups in total. The minimum atomic E-state index is -1.20. The summed E-state index contributed by atoms with van der Waals surface area (Å²) in [5, 5.41) is 18.2. The number of carbonyl (C=O) groups is 1. The second-order valence-electron chi connectivity index (χ2n) is 10.6. The lowest BCUT2D eigenvalue weighted by Crippen LogP contribution is -2.20. The summed E-state index contributed by atoms with van der Waals surface area (Å²) in [6, 6.07) is 17.0. The Kier molecular flexibility index (Phi) is 9.00. The maximum Gasteiger partial charge on any atom is 0.348 e. The zero-order chi connectivity index (χ0) is 31.4. The van der Waals surface area contributed by atoms with E-state index in [1.807, 2.05) is 50.2 Å². The van der Waals surface area contributed by atoms with E-state index in [9.17, 15) is 14.7 Å². The number of H-pyrrole nitrogens is 1. The first-order chi connectivity index (χ1) is 21.1. The number of hydrogen-bond acceptors (Lipinski definition) is 8. The molecule has 1 unspecified atom stereocenters. The normalized spacial score (nSPS) is 12.0. The van der Waals surface area contributed by atoms with Gasteiger partial charge in [-0.05, 0) is 56.3 Å². The number of ether oxygens (including phenoxy) is 1. The fraction of sp³-hybridized carbons (Fsp3) is 0.281. The van der Waals surface area contributed by atoms with Gasteiger partial charge in [-0.25, -0.2) is 14.0 Å². The Morgan fingerprint density at radius 1 is 1.14 bits per heavy atom. The van der Waals surface area contributed by atoms with E-state index in [1.54, 1.807) is 31.2 Å². The number of nitrogens with zero attached hydrogens (tertiary/aromatic N) is 5. The van der Waals surface area contributed by atoms with Crippen LogP contribution < -0.4 is 10.4 Å². The van der Waals surface area contributed by atoms with Gasteiger partial charge >= 0.3 is 11.7 Å². The zero-order valence-electron chi connectivity index (χ0n) is 24.9. The smallest absolute Gasteiger partial charge is 0.348 e. The van der Waals surface area contributed by atoms with Crippen molar-refractivity contribution in [3.8, 4) is 22.8 Å². The van der Waals surface area contributed by atoms with Crippen molar-refractivity contribution in [3.63, 3.8) is 0 Å². The van der Waals surface area contributed by atoms with Crippen LogP contribution in [0, 0.1) is 12.7 Å².